The van der Waals surface area contributed by atoms with Crippen LogP contribution in [0.3, 0.4) is 0 Å². The van der Waals surface area contributed by atoms with Crippen molar-refractivity contribution in [3.05, 3.63) is 57.2 Å². The van der Waals surface area contributed by atoms with Crippen molar-refractivity contribution in [2.75, 3.05) is 5.32 Å². The number of hydrogen-bond donors (Lipinski definition) is 3. The van der Waals surface area contributed by atoms with Crippen molar-refractivity contribution in [3.8, 4) is 5.75 Å². The third-order valence-corrected chi connectivity index (χ3v) is 3.46. The van der Waals surface area contributed by atoms with E-state index in [0.717, 1.165) is 9.13 Å². The number of amides is 1. The summed E-state index contributed by atoms with van der Waals surface area (Å²) in [5.41, 5.74) is 1.06. The SMILES string of the molecule is O=C(Cc1ccc(O)cc1)Nc1ccc(I)cc1C(=O)O. The van der Waals surface area contributed by atoms with Crippen molar-refractivity contribution >= 4 is 40.2 Å². The zero-order chi connectivity index (χ0) is 15.4. The van der Waals surface area contributed by atoms with Gasteiger partial charge in [-0.3, -0.25) is 4.79 Å². The van der Waals surface area contributed by atoms with Crippen LogP contribution in [0.1, 0.15) is 15.9 Å². The molecule has 2 rings (SSSR count). The van der Waals surface area contributed by atoms with E-state index in [0.29, 0.717) is 0 Å². The summed E-state index contributed by atoms with van der Waals surface area (Å²) in [5, 5.41) is 20.9. The number of carboxylic acids is 1. The van der Waals surface area contributed by atoms with Gasteiger partial charge in [0.05, 0.1) is 17.7 Å². The van der Waals surface area contributed by atoms with E-state index in [9.17, 15) is 14.7 Å². The molecule has 0 spiro atoms. The highest BCUT2D eigenvalue weighted by atomic mass is 127. The van der Waals surface area contributed by atoms with E-state index in [-0.39, 0.29) is 29.3 Å². The maximum Gasteiger partial charge on any atom is 0.337 e. The molecule has 0 aliphatic heterocycles. The molecule has 2 aromatic carbocycles. The number of benzene rings is 2. The van der Waals surface area contributed by atoms with E-state index in [1.807, 2.05) is 22.6 Å². The molecular formula is C15H12INO4. The molecule has 0 unspecified atom stereocenters. The molecule has 0 saturated carbocycles. The molecule has 0 fully saturated rings. The van der Waals surface area contributed by atoms with Gasteiger partial charge in [0.1, 0.15) is 5.75 Å². The van der Waals surface area contributed by atoms with Crippen molar-refractivity contribution in [2.24, 2.45) is 0 Å². The van der Waals surface area contributed by atoms with Crippen LogP contribution in [0.5, 0.6) is 5.75 Å². The van der Waals surface area contributed by atoms with Gasteiger partial charge in [0, 0.05) is 3.57 Å². The summed E-state index contributed by atoms with van der Waals surface area (Å²) in [6.07, 6.45) is 0.103. The predicted octanol–water partition coefficient (Wildman–Crippen LogP) is 2.88. The average molecular weight is 397 g/mol. The van der Waals surface area contributed by atoms with Gasteiger partial charge in [0.15, 0.2) is 0 Å². The first-order valence-corrected chi connectivity index (χ1v) is 7.14. The number of rotatable bonds is 4. The number of halogens is 1. The zero-order valence-corrected chi connectivity index (χ0v) is 13.0. The fourth-order valence-electron chi connectivity index (χ4n) is 1.80. The first-order chi connectivity index (χ1) is 9.95. The molecule has 0 aliphatic rings. The largest absolute Gasteiger partial charge is 0.508 e. The number of carbonyl (C=O) groups excluding carboxylic acids is 1. The van der Waals surface area contributed by atoms with Crippen LogP contribution in [0, 0.1) is 3.57 Å². The number of hydrogen-bond acceptors (Lipinski definition) is 3. The normalized spacial score (nSPS) is 10.1. The van der Waals surface area contributed by atoms with Gasteiger partial charge in [-0.1, -0.05) is 12.1 Å². The molecule has 0 bridgehead atoms. The number of carboxylic acid groups (broad SMARTS) is 1. The third-order valence-electron chi connectivity index (χ3n) is 2.79. The second-order valence-corrected chi connectivity index (χ2v) is 5.63. The van der Waals surface area contributed by atoms with E-state index in [1.165, 1.54) is 18.2 Å². The number of carbonyl (C=O) groups is 2. The summed E-state index contributed by atoms with van der Waals surface area (Å²) in [5.74, 6) is -1.28. The minimum absolute atomic E-state index is 0.0564. The third kappa shape index (κ3) is 4.19. The lowest BCUT2D eigenvalue weighted by molar-refractivity contribution is -0.115. The Morgan fingerprint density at radius 3 is 2.38 bits per heavy atom. The molecule has 0 aliphatic carbocycles. The Morgan fingerprint density at radius 2 is 1.76 bits per heavy atom. The summed E-state index contributed by atoms with van der Waals surface area (Å²) in [6.45, 7) is 0. The van der Waals surface area contributed by atoms with Gasteiger partial charge >= 0.3 is 5.97 Å². The molecule has 0 radical (unpaired) electrons. The first kappa shape index (κ1) is 15.3. The molecule has 1 amide bonds. The Balaban J connectivity index is 2.12. The number of phenolic OH excluding ortho intramolecular Hbond substituents is 1. The summed E-state index contributed by atoms with van der Waals surface area (Å²) >= 11 is 2.01. The molecule has 3 N–H and O–H groups in total. The molecule has 0 atom stereocenters. The monoisotopic (exact) mass is 397 g/mol. The highest BCUT2D eigenvalue weighted by Crippen LogP contribution is 2.19. The highest BCUT2D eigenvalue weighted by molar-refractivity contribution is 14.1. The van der Waals surface area contributed by atoms with E-state index in [4.69, 9.17) is 5.11 Å². The Hall–Kier alpha value is -2.09. The van der Waals surface area contributed by atoms with Gasteiger partial charge in [-0.2, -0.15) is 0 Å². The summed E-state index contributed by atoms with van der Waals surface area (Å²) < 4.78 is 0.779. The van der Waals surface area contributed by atoms with Crippen LogP contribution in [-0.2, 0) is 11.2 Å². The molecular weight excluding hydrogens is 385 g/mol. The molecule has 21 heavy (non-hydrogen) atoms. The molecule has 5 nitrogen and oxygen atoms in total. The lowest BCUT2D eigenvalue weighted by Crippen LogP contribution is -2.16. The number of aromatic carboxylic acids is 1. The van der Waals surface area contributed by atoms with Crippen LogP contribution in [0.4, 0.5) is 5.69 Å². The van der Waals surface area contributed by atoms with E-state index >= 15 is 0 Å². The zero-order valence-electron chi connectivity index (χ0n) is 10.8. The van der Waals surface area contributed by atoms with E-state index in [2.05, 4.69) is 5.32 Å². The van der Waals surface area contributed by atoms with Crippen LogP contribution in [0.2, 0.25) is 0 Å². The Kier molecular flexibility index (Phi) is 4.79. The van der Waals surface area contributed by atoms with Crippen molar-refractivity contribution in [1.82, 2.24) is 0 Å². The van der Waals surface area contributed by atoms with Crippen molar-refractivity contribution < 1.29 is 19.8 Å². The van der Waals surface area contributed by atoms with Crippen LogP contribution in [0.25, 0.3) is 0 Å². The van der Waals surface area contributed by atoms with Gasteiger partial charge in [0.25, 0.3) is 0 Å². The van der Waals surface area contributed by atoms with Gasteiger partial charge in [-0.05, 0) is 58.5 Å². The second-order valence-electron chi connectivity index (χ2n) is 4.39. The van der Waals surface area contributed by atoms with Gasteiger partial charge in [0.2, 0.25) is 5.91 Å². The van der Waals surface area contributed by atoms with Crippen LogP contribution >= 0.6 is 22.6 Å². The van der Waals surface area contributed by atoms with Crippen LogP contribution in [-0.4, -0.2) is 22.1 Å². The molecule has 2 aromatic rings. The van der Waals surface area contributed by atoms with Gasteiger partial charge in [-0.25, -0.2) is 4.79 Å². The van der Waals surface area contributed by atoms with Crippen molar-refractivity contribution in [2.45, 2.75) is 6.42 Å². The van der Waals surface area contributed by atoms with Gasteiger partial charge < -0.3 is 15.5 Å². The van der Waals surface area contributed by atoms with E-state index < -0.39 is 5.97 Å². The minimum atomic E-state index is -1.09. The van der Waals surface area contributed by atoms with Crippen molar-refractivity contribution in [3.63, 3.8) is 0 Å². The quantitative estimate of drug-likeness (QED) is 0.693. The fourth-order valence-corrected chi connectivity index (χ4v) is 2.29. The minimum Gasteiger partial charge on any atom is -0.508 e. The first-order valence-electron chi connectivity index (χ1n) is 6.06. The Bertz CT molecular complexity index is 683. The lowest BCUT2D eigenvalue weighted by atomic mass is 10.1. The smallest absolute Gasteiger partial charge is 0.337 e. The van der Waals surface area contributed by atoms with E-state index in [1.54, 1.807) is 24.3 Å². The summed E-state index contributed by atoms with van der Waals surface area (Å²) in [7, 11) is 0. The topological polar surface area (TPSA) is 86.6 Å². The van der Waals surface area contributed by atoms with Crippen molar-refractivity contribution in [1.29, 1.82) is 0 Å². The number of anilines is 1. The molecule has 0 aromatic heterocycles. The Labute approximate surface area is 134 Å². The van der Waals surface area contributed by atoms with Gasteiger partial charge in [-0.15, -0.1) is 0 Å². The molecule has 0 heterocycles. The van der Waals surface area contributed by atoms with Crippen LogP contribution < -0.4 is 5.32 Å². The lowest BCUT2D eigenvalue weighted by Gasteiger charge is -2.09. The fraction of sp³-hybridized carbons (Fsp3) is 0.0667. The highest BCUT2D eigenvalue weighted by Gasteiger charge is 2.13. The second kappa shape index (κ2) is 6.57. The number of aromatic hydroxyl groups is 1. The summed E-state index contributed by atoms with van der Waals surface area (Å²) in [4.78, 5) is 23.1. The maximum absolute atomic E-state index is 12.0. The standard InChI is InChI=1S/C15H12INO4/c16-10-3-6-13(12(8-10)15(20)21)17-14(19)7-9-1-4-11(18)5-2-9/h1-6,8,18H,7H2,(H,17,19)(H,20,21). The average Bonchev–Trinajstić information content (AvgIpc) is 2.43. The molecule has 108 valence electrons. The molecule has 0 saturated heterocycles. The number of nitrogens with one attached hydrogen (secondary N) is 1. The maximum atomic E-state index is 12.0. The van der Waals surface area contributed by atoms with Crippen LogP contribution in [0.15, 0.2) is 42.5 Å². The predicted molar refractivity (Wildman–Crippen MR) is 86.6 cm³/mol. The number of phenols is 1. The summed E-state index contributed by atoms with van der Waals surface area (Å²) in [6, 6.07) is 11.1. The Morgan fingerprint density at radius 1 is 1.10 bits per heavy atom. The molecule has 6 heteroatoms.